The van der Waals surface area contributed by atoms with Crippen LogP contribution in [0.15, 0.2) is 36.5 Å². The van der Waals surface area contributed by atoms with Gasteiger partial charge in [-0.25, -0.2) is 0 Å². The Balaban J connectivity index is 1.76. The highest BCUT2D eigenvalue weighted by Crippen LogP contribution is 2.37. The summed E-state index contributed by atoms with van der Waals surface area (Å²) in [6, 6.07) is 11.5. The Morgan fingerprint density at radius 3 is 2.93 bits per heavy atom. The lowest BCUT2D eigenvalue weighted by Crippen LogP contribution is -2.39. The maximum absolute atomic E-state index is 12.2. The van der Waals surface area contributed by atoms with Gasteiger partial charge in [0.05, 0.1) is 23.9 Å². The number of hydrogen-bond donors (Lipinski definition) is 1. The molecule has 1 aliphatic heterocycles. The Morgan fingerprint density at radius 2 is 2.15 bits per heavy atom. The number of aromatic amines is 1. The number of hydrogen-bond acceptors (Lipinski definition) is 6. The molecule has 0 radical (unpaired) electrons. The number of rotatable bonds is 4. The molecule has 2 aromatic heterocycles. The van der Waals surface area contributed by atoms with Gasteiger partial charge in [0.2, 0.25) is 0 Å². The summed E-state index contributed by atoms with van der Waals surface area (Å²) in [5, 5.41) is 19.9. The molecule has 27 heavy (non-hydrogen) atoms. The van der Waals surface area contributed by atoms with Gasteiger partial charge in [-0.1, -0.05) is 5.21 Å². The number of pyridine rings is 1. The number of aromatic nitrogens is 4. The standard InChI is InChI=1S/C19H16N6O2/c1-12-3-4-14(10-21-12)19-18(22-24-23-19)13-5-6-16-15(9-13)25(8-2-7-20)17(26)11-27-16/h3-6,9-10H,2,8,11H2,1H3,(H,22,23,24). The van der Waals surface area contributed by atoms with E-state index in [2.05, 4.69) is 26.5 Å². The zero-order valence-corrected chi connectivity index (χ0v) is 14.6. The van der Waals surface area contributed by atoms with Gasteiger partial charge in [-0.05, 0) is 37.3 Å². The molecule has 1 aliphatic rings. The number of H-pyrrole nitrogens is 1. The molecular formula is C19H16N6O2. The Bertz CT molecular complexity index is 1040. The summed E-state index contributed by atoms with van der Waals surface area (Å²) in [5.74, 6) is 0.441. The van der Waals surface area contributed by atoms with Crippen LogP contribution in [0.25, 0.3) is 22.5 Å². The molecule has 3 heterocycles. The number of benzene rings is 1. The fourth-order valence-electron chi connectivity index (χ4n) is 3.00. The number of aryl methyl sites for hydroxylation is 1. The number of nitrogens with zero attached hydrogens (tertiary/aromatic N) is 5. The van der Waals surface area contributed by atoms with Crippen LogP contribution in [0, 0.1) is 18.3 Å². The van der Waals surface area contributed by atoms with Gasteiger partial charge in [-0.15, -0.1) is 5.10 Å². The molecule has 0 fully saturated rings. The fraction of sp³-hybridized carbons (Fsp3) is 0.211. The van der Waals surface area contributed by atoms with Gasteiger partial charge < -0.3 is 9.64 Å². The molecule has 8 nitrogen and oxygen atoms in total. The normalized spacial score (nSPS) is 13.0. The second kappa shape index (κ2) is 6.88. The summed E-state index contributed by atoms with van der Waals surface area (Å²) >= 11 is 0. The third kappa shape index (κ3) is 3.11. The number of carbonyl (C=O) groups is 1. The summed E-state index contributed by atoms with van der Waals surface area (Å²) in [4.78, 5) is 18.1. The monoisotopic (exact) mass is 360 g/mol. The summed E-state index contributed by atoms with van der Waals surface area (Å²) in [7, 11) is 0. The molecule has 0 unspecified atom stereocenters. The minimum Gasteiger partial charge on any atom is -0.482 e. The third-order valence-electron chi connectivity index (χ3n) is 4.37. The molecule has 0 saturated carbocycles. The van der Waals surface area contributed by atoms with E-state index in [1.807, 2.05) is 37.3 Å². The zero-order chi connectivity index (χ0) is 18.8. The SMILES string of the molecule is Cc1ccc(-c2[nH]nnc2-c2ccc3c(c2)N(CCC#N)C(=O)CO3)cn1. The van der Waals surface area contributed by atoms with Crippen LogP contribution < -0.4 is 9.64 Å². The number of nitrogens with one attached hydrogen (secondary N) is 1. The van der Waals surface area contributed by atoms with Crippen molar-refractivity contribution in [2.45, 2.75) is 13.3 Å². The van der Waals surface area contributed by atoms with Crippen molar-refractivity contribution in [3.05, 3.63) is 42.2 Å². The quantitative estimate of drug-likeness (QED) is 0.766. The first-order chi connectivity index (χ1) is 13.2. The molecule has 0 bridgehead atoms. The van der Waals surface area contributed by atoms with Crippen LogP contribution in [-0.4, -0.2) is 39.5 Å². The lowest BCUT2D eigenvalue weighted by atomic mass is 10.0. The average molecular weight is 360 g/mol. The van der Waals surface area contributed by atoms with Gasteiger partial charge in [0.15, 0.2) is 6.61 Å². The number of anilines is 1. The molecular weight excluding hydrogens is 344 g/mol. The Morgan fingerprint density at radius 1 is 1.30 bits per heavy atom. The maximum atomic E-state index is 12.2. The van der Waals surface area contributed by atoms with Gasteiger partial charge in [0.25, 0.3) is 5.91 Å². The first kappa shape index (κ1) is 16.7. The molecule has 1 N–H and O–H groups in total. The molecule has 1 amide bonds. The number of carbonyl (C=O) groups excluding carboxylic acids is 1. The molecule has 134 valence electrons. The van der Waals surface area contributed by atoms with Crippen LogP contribution >= 0.6 is 0 Å². The number of fused-ring (bicyclic) bond motifs is 1. The van der Waals surface area contributed by atoms with Crippen molar-refractivity contribution in [3.8, 4) is 34.3 Å². The number of amides is 1. The number of ether oxygens (including phenoxy) is 1. The Kier molecular flexibility index (Phi) is 4.26. The zero-order valence-electron chi connectivity index (χ0n) is 14.6. The van der Waals surface area contributed by atoms with E-state index in [1.54, 1.807) is 11.1 Å². The van der Waals surface area contributed by atoms with Crippen molar-refractivity contribution in [1.82, 2.24) is 20.4 Å². The minimum atomic E-state index is -0.169. The summed E-state index contributed by atoms with van der Waals surface area (Å²) in [6.45, 7) is 2.22. The van der Waals surface area contributed by atoms with Crippen LogP contribution in [0.3, 0.4) is 0 Å². The highest BCUT2D eigenvalue weighted by molar-refractivity contribution is 5.98. The largest absolute Gasteiger partial charge is 0.482 e. The molecule has 4 rings (SSSR count). The maximum Gasteiger partial charge on any atom is 0.265 e. The minimum absolute atomic E-state index is 0.0258. The fourth-order valence-corrected chi connectivity index (χ4v) is 3.00. The first-order valence-corrected chi connectivity index (χ1v) is 8.46. The van der Waals surface area contributed by atoms with Gasteiger partial charge in [-0.3, -0.25) is 14.9 Å². The Hall–Kier alpha value is -3.73. The smallest absolute Gasteiger partial charge is 0.265 e. The predicted octanol–water partition coefficient (Wildman–Crippen LogP) is 2.48. The Labute approximate surface area is 155 Å². The summed E-state index contributed by atoms with van der Waals surface area (Å²) in [6.07, 6.45) is 2.01. The topological polar surface area (TPSA) is 108 Å². The van der Waals surface area contributed by atoms with Gasteiger partial charge in [-0.2, -0.15) is 5.26 Å². The van der Waals surface area contributed by atoms with Crippen molar-refractivity contribution in [3.63, 3.8) is 0 Å². The van der Waals surface area contributed by atoms with E-state index in [1.165, 1.54) is 0 Å². The van der Waals surface area contributed by atoms with Crippen LogP contribution in [0.5, 0.6) is 5.75 Å². The van der Waals surface area contributed by atoms with Crippen molar-refractivity contribution >= 4 is 11.6 Å². The molecule has 0 spiro atoms. The van der Waals surface area contributed by atoms with E-state index >= 15 is 0 Å². The summed E-state index contributed by atoms with van der Waals surface area (Å²) in [5.41, 5.74) is 4.61. The van der Waals surface area contributed by atoms with E-state index in [0.717, 1.165) is 22.5 Å². The predicted molar refractivity (Wildman–Crippen MR) is 97.9 cm³/mol. The van der Waals surface area contributed by atoms with Crippen molar-refractivity contribution in [2.75, 3.05) is 18.1 Å². The number of nitriles is 1. The van der Waals surface area contributed by atoms with Gasteiger partial charge in [0.1, 0.15) is 11.4 Å². The van der Waals surface area contributed by atoms with E-state index in [9.17, 15) is 4.79 Å². The highest BCUT2D eigenvalue weighted by Gasteiger charge is 2.26. The summed E-state index contributed by atoms with van der Waals surface area (Å²) < 4.78 is 5.52. The third-order valence-corrected chi connectivity index (χ3v) is 4.37. The van der Waals surface area contributed by atoms with Gasteiger partial charge >= 0.3 is 0 Å². The van der Waals surface area contributed by atoms with Crippen molar-refractivity contribution < 1.29 is 9.53 Å². The molecule has 0 aliphatic carbocycles. The molecule has 0 saturated heterocycles. The van der Waals surface area contributed by atoms with Crippen LogP contribution in [0.2, 0.25) is 0 Å². The lowest BCUT2D eigenvalue weighted by Gasteiger charge is -2.29. The van der Waals surface area contributed by atoms with E-state index in [0.29, 0.717) is 23.7 Å². The van der Waals surface area contributed by atoms with E-state index in [-0.39, 0.29) is 18.9 Å². The average Bonchev–Trinajstić information content (AvgIpc) is 3.17. The van der Waals surface area contributed by atoms with Crippen LogP contribution in [0.1, 0.15) is 12.1 Å². The molecule has 1 aromatic carbocycles. The second-order valence-electron chi connectivity index (χ2n) is 6.15. The van der Waals surface area contributed by atoms with Crippen molar-refractivity contribution in [2.24, 2.45) is 0 Å². The van der Waals surface area contributed by atoms with Crippen LogP contribution in [-0.2, 0) is 4.79 Å². The molecule has 3 aromatic rings. The molecule has 8 heteroatoms. The van der Waals surface area contributed by atoms with E-state index in [4.69, 9.17) is 10.00 Å². The van der Waals surface area contributed by atoms with Crippen LogP contribution in [0.4, 0.5) is 5.69 Å². The second-order valence-corrected chi connectivity index (χ2v) is 6.15. The van der Waals surface area contributed by atoms with E-state index < -0.39 is 0 Å². The lowest BCUT2D eigenvalue weighted by molar-refractivity contribution is -0.121. The highest BCUT2D eigenvalue weighted by atomic mass is 16.5. The molecule has 0 atom stereocenters. The van der Waals surface area contributed by atoms with Gasteiger partial charge in [0, 0.05) is 29.6 Å². The van der Waals surface area contributed by atoms with Crippen molar-refractivity contribution in [1.29, 1.82) is 5.26 Å². The first-order valence-electron chi connectivity index (χ1n) is 8.46.